The van der Waals surface area contributed by atoms with Crippen LogP contribution in [0.5, 0.6) is 0 Å². The van der Waals surface area contributed by atoms with Crippen molar-refractivity contribution in [1.29, 1.82) is 0 Å². The van der Waals surface area contributed by atoms with Gasteiger partial charge in [0, 0.05) is 45.4 Å². The Morgan fingerprint density at radius 3 is 2.23 bits per heavy atom. The molecule has 2 heterocycles. The normalized spacial score (nSPS) is 16.4. The third-order valence-corrected chi connectivity index (χ3v) is 10.3. The van der Waals surface area contributed by atoms with Crippen LogP contribution in [0.25, 0.3) is 38.6 Å². The van der Waals surface area contributed by atoms with Gasteiger partial charge in [-0.15, -0.1) is 0 Å². The minimum absolute atomic E-state index is 0.0112. The Morgan fingerprint density at radius 1 is 0.681 bits per heavy atom. The summed E-state index contributed by atoms with van der Waals surface area (Å²) < 4.78 is 2.36. The second-order valence-electron chi connectivity index (χ2n) is 13.2. The van der Waals surface area contributed by atoms with E-state index in [9.17, 15) is 0 Å². The Kier molecular flexibility index (Phi) is 6.29. The predicted octanol–water partition coefficient (Wildman–Crippen LogP) is 11.3. The quantitative estimate of drug-likeness (QED) is 0.195. The first-order valence-electron chi connectivity index (χ1n) is 16.5. The van der Waals surface area contributed by atoms with Crippen LogP contribution in [0.3, 0.4) is 0 Å². The van der Waals surface area contributed by atoms with Crippen molar-refractivity contribution >= 4 is 33.3 Å². The molecule has 0 radical (unpaired) electrons. The molecule has 0 amide bonds. The van der Waals surface area contributed by atoms with Gasteiger partial charge in [0.05, 0.1) is 11.0 Å². The van der Waals surface area contributed by atoms with E-state index < -0.39 is 0 Å². The van der Waals surface area contributed by atoms with Crippen LogP contribution in [0.4, 0.5) is 11.5 Å². The van der Waals surface area contributed by atoms with Crippen LogP contribution in [-0.2, 0) is 5.41 Å². The van der Waals surface area contributed by atoms with E-state index in [-0.39, 0.29) is 5.41 Å². The zero-order chi connectivity index (χ0) is 31.5. The molecule has 0 saturated carbocycles. The van der Waals surface area contributed by atoms with Crippen molar-refractivity contribution < 1.29 is 0 Å². The molecule has 226 valence electrons. The number of nitrogens with zero attached hydrogens (tertiary/aromatic N) is 3. The lowest BCUT2D eigenvalue weighted by Crippen LogP contribution is -2.23. The Hall–Kier alpha value is -5.67. The highest BCUT2D eigenvalue weighted by atomic mass is 15.2. The van der Waals surface area contributed by atoms with Gasteiger partial charge in [-0.2, -0.15) is 0 Å². The first kappa shape index (κ1) is 27.6. The average molecular weight is 606 g/mol. The van der Waals surface area contributed by atoms with Crippen LogP contribution in [0, 0.1) is 0 Å². The molecule has 2 aliphatic rings. The topological polar surface area (TPSA) is 21.1 Å². The molecule has 0 N–H and O–H groups in total. The fraction of sp³-hybridized carbons (Fsp3) is 0.114. The lowest BCUT2D eigenvalue weighted by Gasteiger charge is -2.32. The van der Waals surface area contributed by atoms with Gasteiger partial charge in [0.2, 0.25) is 0 Å². The highest BCUT2D eigenvalue weighted by Gasteiger charge is 2.42. The van der Waals surface area contributed by atoms with Gasteiger partial charge in [-0.05, 0) is 89.3 Å². The van der Waals surface area contributed by atoms with Crippen molar-refractivity contribution in [1.82, 2.24) is 9.55 Å². The fourth-order valence-electron chi connectivity index (χ4n) is 7.99. The lowest BCUT2D eigenvalue weighted by molar-refractivity contribution is 0.609. The fourth-order valence-corrected chi connectivity index (χ4v) is 7.99. The van der Waals surface area contributed by atoms with E-state index >= 15 is 0 Å². The highest BCUT2D eigenvalue weighted by molar-refractivity contribution is 6.10. The SMILES string of the molecule is CC1(C)C2=CC(N(c3ccc(-c4ccc5c(c4)c4ccccc4n5-c4ccccc4)cc3)c3ccccn3)=CCC2c2ccccc21. The van der Waals surface area contributed by atoms with Crippen molar-refractivity contribution in [2.75, 3.05) is 4.90 Å². The van der Waals surface area contributed by atoms with E-state index in [0.717, 1.165) is 17.9 Å². The van der Waals surface area contributed by atoms with E-state index in [1.165, 1.54) is 61.0 Å². The molecule has 0 saturated heterocycles. The summed E-state index contributed by atoms with van der Waals surface area (Å²) in [6.07, 6.45) is 7.69. The van der Waals surface area contributed by atoms with Crippen LogP contribution in [0.15, 0.2) is 169 Å². The number of allylic oxidation sites excluding steroid dienone is 3. The molecule has 7 aromatic rings. The summed E-state index contributed by atoms with van der Waals surface area (Å²) >= 11 is 0. The molecule has 2 aliphatic carbocycles. The number of benzene rings is 5. The van der Waals surface area contributed by atoms with Gasteiger partial charge in [0.25, 0.3) is 0 Å². The van der Waals surface area contributed by atoms with Gasteiger partial charge in [-0.25, -0.2) is 4.98 Å². The lowest BCUT2D eigenvalue weighted by atomic mass is 9.78. The van der Waals surface area contributed by atoms with E-state index in [1.54, 1.807) is 0 Å². The first-order chi connectivity index (χ1) is 23.1. The van der Waals surface area contributed by atoms with Crippen LogP contribution in [-0.4, -0.2) is 9.55 Å². The Bertz CT molecular complexity index is 2340. The van der Waals surface area contributed by atoms with Gasteiger partial charge in [-0.3, -0.25) is 4.90 Å². The van der Waals surface area contributed by atoms with Crippen molar-refractivity contribution in [2.45, 2.75) is 31.6 Å². The molecular weight excluding hydrogens is 571 g/mol. The maximum atomic E-state index is 4.82. The number of hydrogen-bond donors (Lipinski definition) is 0. The number of pyridine rings is 1. The van der Waals surface area contributed by atoms with Crippen LogP contribution < -0.4 is 4.90 Å². The van der Waals surface area contributed by atoms with Crippen molar-refractivity contribution in [3.8, 4) is 16.8 Å². The minimum atomic E-state index is -0.0112. The molecule has 3 nitrogen and oxygen atoms in total. The van der Waals surface area contributed by atoms with E-state index in [1.807, 2.05) is 12.3 Å². The summed E-state index contributed by atoms with van der Waals surface area (Å²) in [5.41, 5.74) is 12.7. The second kappa shape index (κ2) is 10.7. The molecule has 2 aromatic heterocycles. The Morgan fingerprint density at radius 2 is 1.40 bits per heavy atom. The van der Waals surface area contributed by atoms with E-state index in [4.69, 9.17) is 4.98 Å². The smallest absolute Gasteiger partial charge is 0.137 e. The molecule has 3 heteroatoms. The van der Waals surface area contributed by atoms with E-state index in [2.05, 4.69) is 169 Å². The second-order valence-corrected chi connectivity index (χ2v) is 13.2. The molecule has 1 atom stereocenters. The summed E-state index contributed by atoms with van der Waals surface area (Å²) in [5, 5.41) is 2.52. The molecule has 0 aliphatic heterocycles. The monoisotopic (exact) mass is 605 g/mol. The molecule has 5 aromatic carbocycles. The first-order valence-corrected chi connectivity index (χ1v) is 16.5. The van der Waals surface area contributed by atoms with Crippen LogP contribution >= 0.6 is 0 Å². The van der Waals surface area contributed by atoms with Crippen molar-refractivity contribution in [3.05, 3.63) is 180 Å². The van der Waals surface area contributed by atoms with Gasteiger partial charge in [-0.1, -0.05) is 110 Å². The highest BCUT2D eigenvalue weighted by Crippen LogP contribution is 2.54. The maximum absolute atomic E-state index is 4.82. The Balaban J connectivity index is 1.11. The third-order valence-electron chi connectivity index (χ3n) is 10.3. The minimum Gasteiger partial charge on any atom is -0.309 e. The van der Waals surface area contributed by atoms with E-state index in [0.29, 0.717) is 5.92 Å². The van der Waals surface area contributed by atoms with Gasteiger partial charge < -0.3 is 4.57 Å². The number of rotatable bonds is 5. The predicted molar refractivity (Wildman–Crippen MR) is 196 cm³/mol. The van der Waals surface area contributed by atoms with Gasteiger partial charge >= 0.3 is 0 Å². The summed E-state index contributed by atoms with van der Waals surface area (Å²) in [4.78, 5) is 7.12. The largest absolute Gasteiger partial charge is 0.309 e. The number of aromatic nitrogens is 2. The van der Waals surface area contributed by atoms with Crippen LogP contribution in [0.2, 0.25) is 0 Å². The standard InChI is InChI=1S/C44H35N3/c1-44(2)39-16-8-6-14-35(39)36-25-24-34(29-40(36)44)46(43-18-10-11-27-45-43)33-22-19-30(20-23-33)31-21-26-42-38(28-31)37-15-7-9-17-41(37)47(42)32-12-4-3-5-13-32/h3-24,26-29,36H,25H2,1-2H3. The zero-order valence-corrected chi connectivity index (χ0v) is 26.6. The summed E-state index contributed by atoms with van der Waals surface area (Å²) in [7, 11) is 0. The summed E-state index contributed by atoms with van der Waals surface area (Å²) in [6, 6.07) is 50.3. The zero-order valence-electron chi connectivity index (χ0n) is 26.6. The molecule has 9 rings (SSSR count). The molecule has 0 fully saturated rings. The molecular formula is C44H35N3. The van der Waals surface area contributed by atoms with Crippen molar-refractivity contribution in [2.24, 2.45) is 0 Å². The van der Waals surface area contributed by atoms with Gasteiger partial charge in [0.15, 0.2) is 0 Å². The molecule has 0 bridgehead atoms. The molecule has 0 spiro atoms. The summed E-state index contributed by atoms with van der Waals surface area (Å²) in [6.45, 7) is 4.74. The molecule has 47 heavy (non-hydrogen) atoms. The number of fused-ring (bicyclic) bond motifs is 6. The third kappa shape index (κ3) is 4.38. The Labute approximate surface area is 275 Å². The molecule has 1 unspecified atom stereocenters. The van der Waals surface area contributed by atoms with Crippen LogP contribution in [0.1, 0.15) is 37.3 Å². The average Bonchev–Trinajstić information content (AvgIpc) is 3.58. The van der Waals surface area contributed by atoms with Crippen molar-refractivity contribution in [3.63, 3.8) is 0 Å². The van der Waals surface area contributed by atoms with Gasteiger partial charge in [0.1, 0.15) is 5.82 Å². The summed E-state index contributed by atoms with van der Waals surface area (Å²) in [5.74, 6) is 1.35. The number of hydrogen-bond acceptors (Lipinski definition) is 2. The number of para-hydroxylation sites is 2. The number of anilines is 2. The maximum Gasteiger partial charge on any atom is 0.137 e.